The fourth-order valence-corrected chi connectivity index (χ4v) is 7.27. The lowest BCUT2D eigenvalue weighted by atomic mass is 9.68. The highest BCUT2D eigenvalue weighted by Crippen LogP contribution is 2.44. The lowest BCUT2D eigenvalue weighted by molar-refractivity contribution is -0.138. The van der Waals surface area contributed by atoms with E-state index < -0.39 is 17.4 Å². The second-order valence-electron chi connectivity index (χ2n) is 9.26. The van der Waals surface area contributed by atoms with E-state index in [-0.39, 0.29) is 30.8 Å². The predicted octanol–water partition coefficient (Wildman–Crippen LogP) is 8.14. The minimum absolute atomic E-state index is 0.0674. The number of carboxylic acids is 2. The molecule has 6 nitrogen and oxygen atoms in total. The molecule has 3 aromatic rings. The van der Waals surface area contributed by atoms with Crippen LogP contribution in [0.25, 0.3) is 0 Å². The van der Waals surface area contributed by atoms with Crippen molar-refractivity contribution in [2.75, 3.05) is 0 Å². The van der Waals surface area contributed by atoms with Crippen molar-refractivity contribution in [3.63, 3.8) is 0 Å². The molecule has 0 saturated carbocycles. The summed E-state index contributed by atoms with van der Waals surface area (Å²) < 4.78 is 2.53. The van der Waals surface area contributed by atoms with Gasteiger partial charge in [-0.15, -0.1) is 0 Å². The third-order valence-corrected chi connectivity index (χ3v) is 8.64. The molecule has 0 fully saturated rings. The third kappa shape index (κ3) is 8.07. The maximum atomic E-state index is 11.8. The number of hydrogen-bond donors (Lipinski definition) is 4. The molecule has 0 aliphatic carbocycles. The molecular formula is C28H26Br4O6. The van der Waals surface area contributed by atoms with Crippen LogP contribution in [0.1, 0.15) is 47.9 Å². The summed E-state index contributed by atoms with van der Waals surface area (Å²) >= 11 is 13.8. The van der Waals surface area contributed by atoms with Crippen LogP contribution in [-0.4, -0.2) is 32.4 Å². The van der Waals surface area contributed by atoms with Gasteiger partial charge in [0, 0.05) is 27.2 Å². The van der Waals surface area contributed by atoms with Gasteiger partial charge < -0.3 is 20.4 Å². The molecule has 0 saturated heterocycles. The molecule has 3 rings (SSSR count). The molecule has 38 heavy (non-hydrogen) atoms. The largest absolute Gasteiger partial charge is 0.506 e. The van der Waals surface area contributed by atoms with E-state index in [0.717, 1.165) is 20.1 Å². The first kappa shape index (κ1) is 30.7. The Morgan fingerprint density at radius 1 is 0.711 bits per heavy atom. The maximum absolute atomic E-state index is 11.8. The Morgan fingerprint density at radius 2 is 1.18 bits per heavy atom. The summed E-state index contributed by atoms with van der Waals surface area (Å²) in [5.41, 5.74) is 2.26. The SMILES string of the molecule is O=C(O)CCCc1ccc(C(CCC(=O)O)(Cc2cc(Br)cc(Br)c2O)Cc2cc(Br)cc(Br)c2O)cc1. The molecule has 0 unspecified atom stereocenters. The van der Waals surface area contributed by atoms with Gasteiger partial charge in [-0.3, -0.25) is 9.59 Å². The Kier molecular flexibility index (Phi) is 10.9. The number of benzene rings is 3. The van der Waals surface area contributed by atoms with Gasteiger partial charge in [0.05, 0.1) is 8.95 Å². The van der Waals surface area contributed by atoms with Gasteiger partial charge in [0.2, 0.25) is 0 Å². The number of aryl methyl sites for hydroxylation is 1. The number of aromatic hydroxyl groups is 2. The van der Waals surface area contributed by atoms with Gasteiger partial charge >= 0.3 is 11.9 Å². The van der Waals surface area contributed by atoms with E-state index in [1.54, 1.807) is 12.1 Å². The van der Waals surface area contributed by atoms with E-state index in [1.807, 2.05) is 36.4 Å². The van der Waals surface area contributed by atoms with Crippen molar-refractivity contribution in [2.45, 2.75) is 50.4 Å². The lowest BCUT2D eigenvalue weighted by Gasteiger charge is -2.36. The predicted molar refractivity (Wildman–Crippen MR) is 160 cm³/mol. The number of carboxylic acid groups (broad SMARTS) is 2. The number of carbonyl (C=O) groups is 2. The van der Waals surface area contributed by atoms with Crippen LogP contribution >= 0.6 is 63.7 Å². The number of halogens is 4. The molecule has 10 heteroatoms. The number of rotatable bonds is 12. The molecule has 0 bridgehead atoms. The summed E-state index contributed by atoms with van der Waals surface area (Å²) in [4.78, 5) is 22.7. The van der Waals surface area contributed by atoms with Crippen molar-refractivity contribution < 1.29 is 30.0 Å². The van der Waals surface area contributed by atoms with E-state index in [1.165, 1.54) is 0 Å². The van der Waals surface area contributed by atoms with E-state index in [9.17, 15) is 24.9 Å². The number of phenolic OH excluding ortho intramolecular Hbond substituents is 2. The van der Waals surface area contributed by atoms with E-state index >= 15 is 0 Å². The highest BCUT2D eigenvalue weighted by atomic mass is 79.9. The van der Waals surface area contributed by atoms with Crippen LogP contribution in [0.15, 0.2) is 66.4 Å². The first-order valence-corrected chi connectivity index (χ1v) is 14.9. The zero-order chi connectivity index (χ0) is 28.0. The average Bonchev–Trinajstić information content (AvgIpc) is 2.84. The standard InChI is InChI=1S/C28H26Br4O6/c29-20-10-17(26(37)22(31)12-20)14-28(9-8-25(35)36,15-18-11-21(30)13-23(32)27(18)38)19-6-4-16(5-7-19)2-1-3-24(33)34/h4-7,10-13,37-38H,1-3,8-9,14-15H2,(H,33,34)(H,35,36). The quantitative estimate of drug-likeness (QED) is 0.148. The van der Waals surface area contributed by atoms with Gasteiger partial charge in [-0.05, 0) is 110 Å². The lowest BCUT2D eigenvalue weighted by Crippen LogP contribution is -2.33. The summed E-state index contributed by atoms with van der Waals surface area (Å²) in [6.45, 7) is 0. The molecule has 0 atom stereocenters. The van der Waals surface area contributed by atoms with Crippen LogP contribution < -0.4 is 0 Å². The average molecular weight is 778 g/mol. The number of phenols is 2. The molecule has 3 aromatic carbocycles. The Hall–Kier alpha value is -1.88. The third-order valence-electron chi connectivity index (χ3n) is 6.51. The minimum atomic E-state index is -0.945. The molecule has 0 aliphatic heterocycles. The Morgan fingerprint density at radius 3 is 1.63 bits per heavy atom. The van der Waals surface area contributed by atoms with E-state index in [4.69, 9.17) is 5.11 Å². The summed E-state index contributed by atoms with van der Waals surface area (Å²) in [5, 5.41) is 40.4. The van der Waals surface area contributed by atoms with Gasteiger partial charge in [-0.1, -0.05) is 56.1 Å². The van der Waals surface area contributed by atoms with Gasteiger partial charge in [0.1, 0.15) is 11.5 Å². The number of hydrogen-bond acceptors (Lipinski definition) is 4. The van der Waals surface area contributed by atoms with Gasteiger partial charge in [0.25, 0.3) is 0 Å². The first-order valence-electron chi connectivity index (χ1n) is 11.8. The van der Waals surface area contributed by atoms with Crippen LogP contribution in [0.5, 0.6) is 11.5 Å². The zero-order valence-electron chi connectivity index (χ0n) is 20.2. The smallest absolute Gasteiger partial charge is 0.303 e. The summed E-state index contributed by atoms with van der Waals surface area (Å²) in [6.07, 6.45) is 1.92. The van der Waals surface area contributed by atoms with Crippen LogP contribution in [0.4, 0.5) is 0 Å². The highest BCUT2D eigenvalue weighted by Gasteiger charge is 2.36. The first-order chi connectivity index (χ1) is 17.9. The monoisotopic (exact) mass is 774 g/mol. The second kappa shape index (κ2) is 13.5. The molecule has 0 radical (unpaired) electrons. The molecule has 202 valence electrons. The summed E-state index contributed by atoms with van der Waals surface area (Å²) in [6, 6.07) is 14.8. The van der Waals surface area contributed by atoms with Crippen molar-refractivity contribution in [1.29, 1.82) is 0 Å². The fourth-order valence-electron chi connectivity index (χ4n) is 4.64. The minimum Gasteiger partial charge on any atom is -0.506 e. The molecule has 4 N–H and O–H groups in total. The molecule has 0 heterocycles. The summed E-state index contributed by atoms with van der Waals surface area (Å²) in [5.74, 6) is -1.65. The fraction of sp³-hybridized carbons (Fsp3) is 0.286. The molecular weight excluding hydrogens is 752 g/mol. The van der Waals surface area contributed by atoms with Gasteiger partial charge in [-0.25, -0.2) is 0 Å². The Bertz CT molecular complexity index is 1260. The Balaban J connectivity index is 2.15. The normalized spacial score (nSPS) is 11.5. The molecule has 0 amide bonds. The van der Waals surface area contributed by atoms with Crippen LogP contribution in [0, 0.1) is 0 Å². The molecule has 0 spiro atoms. The highest BCUT2D eigenvalue weighted by molar-refractivity contribution is 9.11. The summed E-state index contributed by atoms with van der Waals surface area (Å²) in [7, 11) is 0. The van der Waals surface area contributed by atoms with E-state index in [2.05, 4.69) is 63.7 Å². The number of aliphatic carboxylic acids is 2. The maximum Gasteiger partial charge on any atom is 0.303 e. The van der Waals surface area contributed by atoms with Crippen LogP contribution in [0.3, 0.4) is 0 Å². The van der Waals surface area contributed by atoms with E-state index in [0.29, 0.717) is 45.8 Å². The molecule has 0 aliphatic rings. The van der Waals surface area contributed by atoms with Crippen molar-refractivity contribution in [1.82, 2.24) is 0 Å². The zero-order valence-corrected chi connectivity index (χ0v) is 26.5. The van der Waals surface area contributed by atoms with Gasteiger partial charge in [0.15, 0.2) is 0 Å². The van der Waals surface area contributed by atoms with Crippen molar-refractivity contribution in [2.24, 2.45) is 0 Å². The van der Waals surface area contributed by atoms with Crippen LogP contribution in [-0.2, 0) is 34.3 Å². The second-order valence-corrected chi connectivity index (χ2v) is 12.8. The van der Waals surface area contributed by atoms with Crippen LogP contribution in [0.2, 0.25) is 0 Å². The van der Waals surface area contributed by atoms with Crippen molar-refractivity contribution in [3.8, 4) is 11.5 Å². The van der Waals surface area contributed by atoms with Gasteiger partial charge in [-0.2, -0.15) is 0 Å². The van der Waals surface area contributed by atoms with Crippen molar-refractivity contribution >= 4 is 75.7 Å². The Labute approximate surface area is 254 Å². The van der Waals surface area contributed by atoms with Crippen molar-refractivity contribution in [3.05, 3.63) is 88.7 Å². The topological polar surface area (TPSA) is 115 Å². The molecule has 0 aromatic heterocycles.